The van der Waals surface area contributed by atoms with E-state index in [0.29, 0.717) is 9.50 Å². The van der Waals surface area contributed by atoms with Crippen molar-refractivity contribution in [2.75, 3.05) is 5.43 Å². The van der Waals surface area contributed by atoms with Gasteiger partial charge < -0.3 is 10.2 Å². The number of pyridine rings is 1. The van der Waals surface area contributed by atoms with Crippen molar-refractivity contribution < 1.29 is 9.66 Å². The fraction of sp³-hybridized carbons (Fsp3) is 0. The van der Waals surface area contributed by atoms with Crippen molar-refractivity contribution in [2.24, 2.45) is 5.84 Å². The molecule has 0 aliphatic carbocycles. The molecule has 0 fully saturated rings. The van der Waals surface area contributed by atoms with Crippen LogP contribution in [-0.4, -0.2) is 9.91 Å². The fourth-order valence-corrected chi connectivity index (χ4v) is 2.25. The van der Waals surface area contributed by atoms with E-state index in [2.05, 4.69) is 26.3 Å². The van der Waals surface area contributed by atoms with E-state index in [4.69, 9.17) is 33.8 Å². The van der Waals surface area contributed by atoms with Gasteiger partial charge in [-0.2, -0.15) is 4.98 Å². The summed E-state index contributed by atoms with van der Waals surface area (Å²) in [5, 5.41) is 11.5. The Morgan fingerprint density at radius 3 is 2.67 bits per heavy atom. The van der Waals surface area contributed by atoms with E-state index >= 15 is 0 Å². The summed E-state index contributed by atoms with van der Waals surface area (Å²) in [6.07, 6.45) is 0. The molecule has 0 aliphatic heterocycles. The number of nitrogens with two attached hydrogens (primary N) is 1. The predicted octanol–water partition coefficient (Wildman–Crippen LogP) is 4.14. The molecule has 0 atom stereocenters. The van der Waals surface area contributed by atoms with E-state index < -0.39 is 4.92 Å². The van der Waals surface area contributed by atoms with Crippen molar-refractivity contribution in [3.8, 4) is 11.6 Å². The lowest BCUT2D eigenvalue weighted by Gasteiger charge is -2.09. The van der Waals surface area contributed by atoms with Crippen LogP contribution < -0.4 is 16.0 Å². The molecule has 7 nitrogen and oxygen atoms in total. The minimum Gasteiger partial charge on any atom is -0.432 e. The van der Waals surface area contributed by atoms with Gasteiger partial charge in [-0.15, -0.1) is 0 Å². The molecule has 110 valence electrons. The quantitative estimate of drug-likeness (QED) is 0.350. The van der Waals surface area contributed by atoms with Gasteiger partial charge in [-0.1, -0.05) is 23.2 Å². The van der Waals surface area contributed by atoms with Crippen LogP contribution in [0.2, 0.25) is 10.0 Å². The predicted molar refractivity (Wildman–Crippen MR) is 82.9 cm³/mol. The van der Waals surface area contributed by atoms with E-state index in [1.807, 2.05) is 0 Å². The van der Waals surface area contributed by atoms with E-state index in [1.54, 1.807) is 0 Å². The molecule has 21 heavy (non-hydrogen) atoms. The summed E-state index contributed by atoms with van der Waals surface area (Å²) in [4.78, 5) is 14.2. The lowest BCUT2D eigenvalue weighted by molar-refractivity contribution is -0.386. The Bertz CT molecular complexity index is 714. The van der Waals surface area contributed by atoms with Crippen molar-refractivity contribution in [1.29, 1.82) is 0 Å². The highest BCUT2D eigenvalue weighted by Gasteiger charge is 2.20. The molecule has 1 heterocycles. The molecule has 10 heteroatoms. The van der Waals surface area contributed by atoms with Crippen molar-refractivity contribution in [1.82, 2.24) is 4.98 Å². The van der Waals surface area contributed by atoms with Crippen LogP contribution in [0.25, 0.3) is 0 Å². The minimum atomic E-state index is -0.628. The second-order valence-electron chi connectivity index (χ2n) is 3.72. The van der Waals surface area contributed by atoms with Gasteiger partial charge in [0.2, 0.25) is 0 Å². The molecule has 0 radical (unpaired) electrons. The highest BCUT2D eigenvalue weighted by Crippen LogP contribution is 2.38. The number of nitrogens with zero attached hydrogens (tertiary/aromatic N) is 2. The van der Waals surface area contributed by atoms with Crippen LogP contribution >= 0.6 is 39.1 Å². The molecular weight excluding hydrogens is 387 g/mol. The molecule has 1 aromatic carbocycles. The van der Waals surface area contributed by atoms with Gasteiger partial charge in [-0.3, -0.25) is 10.1 Å². The van der Waals surface area contributed by atoms with Gasteiger partial charge in [-0.25, -0.2) is 5.84 Å². The van der Waals surface area contributed by atoms with E-state index in [9.17, 15) is 10.1 Å². The molecule has 0 saturated carbocycles. The van der Waals surface area contributed by atoms with Gasteiger partial charge in [-0.05, 0) is 28.1 Å². The van der Waals surface area contributed by atoms with E-state index in [0.717, 1.165) is 0 Å². The molecule has 0 spiro atoms. The number of nitro groups is 1. The topological polar surface area (TPSA) is 103 Å². The van der Waals surface area contributed by atoms with Crippen LogP contribution in [0.1, 0.15) is 0 Å². The second-order valence-corrected chi connectivity index (χ2v) is 5.39. The Labute approximate surface area is 137 Å². The van der Waals surface area contributed by atoms with E-state index in [-0.39, 0.29) is 28.2 Å². The lowest BCUT2D eigenvalue weighted by Crippen LogP contribution is -2.09. The number of aromatic nitrogens is 1. The monoisotopic (exact) mass is 392 g/mol. The Kier molecular flexibility index (Phi) is 4.84. The number of hydrogen-bond acceptors (Lipinski definition) is 6. The largest absolute Gasteiger partial charge is 0.432 e. The molecule has 2 aromatic rings. The normalized spacial score (nSPS) is 10.3. The Hall–Kier alpha value is -1.61. The van der Waals surface area contributed by atoms with Crippen LogP contribution in [0.15, 0.2) is 28.7 Å². The average molecular weight is 394 g/mol. The number of anilines is 1. The zero-order valence-corrected chi connectivity index (χ0v) is 13.2. The second kappa shape index (κ2) is 6.44. The third-order valence-corrected chi connectivity index (χ3v) is 3.86. The molecule has 0 bridgehead atoms. The summed E-state index contributed by atoms with van der Waals surface area (Å²) >= 11 is 15.1. The summed E-state index contributed by atoms with van der Waals surface area (Å²) in [5.41, 5.74) is 1.94. The maximum absolute atomic E-state index is 11.0. The molecule has 0 saturated heterocycles. The van der Waals surface area contributed by atoms with Crippen molar-refractivity contribution in [2.45, 2.75) is 0 Å². The van der Waals surface area contributed by atoms with Gasteiger partial charge in [0.1, 0.15) is 11.6 Å². The fourth-order valence-electron chi connectivity index (χ4n) is 1.41. The molecule has 1 aromatic heterocycles. The molecule has 0 amide bonds. The number of ether oxygens (including phenoxy) is 1. The maximum Gasteiger partial charge on any atom is 0.331 e. The van der Waals surface area contributed by atoms with Crippen LogP contribution in [-0.2, 0) is 0 Å². The van der Waals surface area contributed by atoms with Crippen molar-refractivity contribution in [3.05, 3.63) is 48.9 Å². The highest BCUT2D eigenvalue weighted by molar-refractivity contribution is 9.10. The van der Waals surface area contributed by atoms with Gasteiger partial charge in [0.05, 0.1) is 15.0 Å². The smallest absolute Gasteiger partial charge is 0.331 e. The number of halogens is 3. The number of nitrogens with one attached hydrogen (secondary N) is 1. The molecule has 0 unspecified atom stereocenters. The van der Waals surface area contributed by atoms with Crippen LogP contribution in [0.3, 0.4) is 0 Å². The summed E-state index contributed by atoms with van der Waals surface area (Å²) in [6.45, 7) is 0. The number of benzene rings is 1. The first kappa shape index (κ1) is 15.8. The van der Waals surface area contributed by atoms with Gasteiger partial charge in [0, 0.05) is 16.6 Å². The van der Waals surface area contributed by atoms with Crippen molar-refractivity contribution in [3.63, 3.8) is 0 Å². The zero-order valence-electron chi connectivity index (χ0n) is 10.1. The Balaban J connectivity index is 2.47. The lowest BCUT2D eigenvalue weighted by atomic mass is 10.3. The molecule has 3 N–H and O–H groups in total. The summed E-state index contributed by atoms with van der Waals surface area (Å²) in [6, 6.07) is 5.49. The Morgan fingerprint density at radius 2 is 2.05 bits per heavy atom. The minimum absolute atomic E-state index is 0.134. The van der Waals surface area contributed by atoms with Crippen LogP contribution in [0, 0.1) is 10.1 Å². The first-order chi connectivity index (χ1) is 9.92. The number of nitrogen functional groups attached to an aromatic ring is 1. The van der Waals surface area contributed by atoms with Gasteiger partial charge in [0.15, 0.2) is 0 Å². The highest BCUT2D eigenvalue weighted by atomic mass is 79.9. The average Bonchev–Trinajstić information content (AvgIpc) is 2.44. The number of hydrogen-bond donors (Lipinski definition) is 2. The third-order valence-electron chi connectivity index (χ3n) is 2.37. The van der Waals surface area contributed by atoms with E-state index in [1.165, 1.54) is 24.3 Å². The summed E-state index contributed by atoms with van der Waals surface area (Å²) < 4.78 is 5.97. The van der Waals surface area contributed by atoms with Crippen LogP contribution in [0.4, 0.5) is 11.5 Å². The van der Waals surface area contributed by atoms with Gasteiger partial charge in [0.25, 0.3) is 0 Å². The SMILES string of the molecule is NNc1ccc([N+](=O)[O-])c(Oc2cc(Cl)c(Br)cc2Cl)n1. The standard InChI is InChI=1S/C11H7BrCl2N4O3/c12-5-3-7(14)9(4-6(5)13)21-11-8(18(19)20)1-2-10(16-11)17-15/h1-4H,15H2,(H,16,17). The first-order valence-corrected chi connectivity index (χ1v) is 6.91. The first-order valence-electron chi connectivity index (χ1n) is 5.37. The van der Waals surface area contributed by atoms with Crippen LogP contribution in [0.5, 0.6) is 11.6 Å². The van der Waals surface area contributed by atoms with Crippen molar-refractivity contribution >= 4 is 50.6 Å². The molecule has 2 rings (SSSR count). The molecule has 0 aliphatic rings. The molecular formula is C11H7BrCl2N4O3. The zero-order chi connectivity index (χ0) is 15.6. The number of rotatable bonds is 4. The summed E-state index contributed by atoms with van der Waals surface area (Å²) in [7, 11) is 0. The number of hydrazine groups is 1. The Morgan fingerprint density at radius 1 is 1.33 bits per heavy atom. The maximum atomic E-state index is 11.0. The summed E-state index contributed by atoms with van der Waals surface area (Å²) in [5.74, 6) is 5.30. The third kappa shape index (κ3) is 3.53. The van der Waals surface area contributed by atoms with Gasteiger partial charge >= 0.3 is 11.6 Å².